The van der Waals surface area contributed by atoms with Gasteiger partial charge in [-0.25, -0.2) is 17.6 Å². The lowest BCUT2D eigenvalue weighted by Crippen LogP contribution is -2.44. The van der Waals surface area contributed by atoms with Crippen molar-refractivity contribution in [2.24, 2.45) is 5.41 Å². The van der Waals surface area contributed by atoms with E-state index in [1.54, 1.807) is 6.07 Å². The minimum Gasteiger partial charge on any atom is -0.256 e. The van der Waals surface area contributed by atoms with E-state index in [-0.39, 0.29) is 5.69 Å². The Hall–Kier alpha value is -1.39. The molecule has 1 aromatic heterocycles. The maximum Gasteiger partial charge on any atom is 0.286 e. The molecule has 1 nitrogen and oxygen atoms in total. The molecule has 0 saturated carbocycles. The highest BCUT2D eigenvalue weighted by atomic mass is 19.3. The van der Waals surface area contributed by atoms with Crippen LogP contribution in [0.4, 0.5) is 17.6 Å². The molecule has 1 aliphatic rings. The van der Waals surface area contributed by atoms with Crippen LogP contribution in [0.1, 0.15) is 19.5 Å². The van der Waals surface area contributed by atoms with Crippen molar-refractivity contribution in [2.45, 2.75) is 25.7 Å². The van der Waals surface area contributed by atoms with Crippen molar-refractivity contribution < 1.29 is 17.6 Å². The van der Waals surface area contributed by atoms with E-state index in [0.717, 1.165) is 13.8 Å². The topological polar surface area (TPSA) is 12.9 Å². The van der Waals surface area contributed by atoms with Gasteiger partial charge in [0.1, 0.15) is 5.41 Å². The average molecular weight is 245 g/mol. The Balaban J connectivity index is 2.58. The fraction of sp³-hybridized carbons (Fsp3) is 0.417. The van der Waals surface area contributed by atoms with Gasteiger partial charge in [0.05, 0.1) is 5.69 Å². The Labute approximate surface area is 96.2 Å². The van der Waals surface area contributed by atoms with Crippen molar-refractivity contribution in [2.75, 3.05) is 0 Å². The Kier molecular flexibility index (Phi) is 2.35. The summed E-state index contributed by atoms with van der Waals surface area (Å²) in [6, 6.07) is 4.33. The molecule has 1 aromatic rings. The molecule has 0 saturated heterocycles. The highest BCUT2D eigenvalue weighted by Gasteiger charge is 2.68. The zero-order chi connectivity index (χ0) is 12.9. The molecule has 0 atom stereocenters. The van der Waals surface area contributed by atoms with E-state index in [0.29, 0.717) is 6.08 Å². The lowest BCUT2D eigenvalue weighted by atomic mass is 9.82. The predicted molar refractivity (Wildman–Crippen MR) is 55.9 cm³/mol. The van der Waals surface area contributed by atoms with Gasteiger partial charge in [-0.15, -0.1) is 0 Å². The van der Waals surface area contributed by atoms with Crippen LogP contribution in [0.15, 0.2) is 30.5 Å². The molecule has 0 aliphatic heterocycles. The SMILES string of the molecule is CC1(C)C(F)(F)C=C(c2ccccn2)C1(F)F. The molecule has 1 aliphatic carbocycles. The maximum absolute atomic E-state index is 14.0. The van der Waals surface area contributed by atoms with E-state index < -0.39 is 22.8 Å². The van der Waals surface area contributed by atoms with Gasteiger partial charge in [0, 0.05) is 11.8 Å². The van der Waals surface area contributed by atoms with E-state index in [9.17, 15) is 17.6 Å². The van der Waals surface area contributed by atoms with Crippen molar-refractivity contribution in [1.82, 2.24) is 4.98 Å². The number of hydrogen-bond donors (Lipinski definition) is 0. The van der Waals surface area contributed by atoms with Gasteiger partial charge >= 0.3 is 0 Å². The second-order valence-corrected chi connectivity index (χ2v) is 4.60. The van der Waals surface area contributed by atoms with Crippen LogP contribution >= 0.6 is 0 Å². The first-order chi connectivity index (χ1) is 7.70. The molecule has 92 valence electrons. The quantitative estimate of drug-likeness (QED) is 0.686. The molecular formula is C12H11F4N. The fourth-order valence-electron chi connectivity index (χ4n) is 1.76. The summed E-state index contributed by atoms with van der Waals surface area (Å²) >= 11 is 0. The van der Waals surface area contributed by atoms with Crippen LogP contribution in [0.2, 0.25) is 0 Å². The third kappa shape index (κ3) is 1.48. The first-order valence-electron chi connectivity index (χ1n) is 5.10. The molecule has 0 aromatic carbocycles. The van der Waals surface area contributed by atoms with Crippen LogP contribution < -0.4 is 0 Å². The first-order valence-corrected chi connectivity index (χ1v) is 5.10. The van der Waals surface area contributed by atoms with E-state index in [1.807, 2.05) is 0 Å². The van der Waals surface area contributed by atoms with E-state index in [2.05, 4.69) is 4.98 Å². The summed E-state index contributed by atoms with van der Waals surface area (Å²) in [6.07, 6.45) is 1.63. The van der Waals surface area contributed by atoms with Crippen molar-refractivity contribution >= 4 is 5.57 Å². The number of hydrogen-bond acceptors (Lipinski definition) is 1. The summed E-state index contributed by atoms with van der Waals surface area (Å²) in [5.74, 6) is -7.16. The van der Waals surface area contributed by atoms with E-state index in [1.165, 1.54) is 18.3 Å². The molecule has 2 rings (SSSR count). The summed E-state index contributed by atoms with van der Waals surface area (Å²) in [5.41, 5.74) is -3.25. The second kappa shape index (κ2) is 3.31. The van der Waals surface area contributed by atoms with Crippen LogP contribution in [0, 0.1) is 5.41 Å². The average Bonchev–Trinajstić information content (AvgIpc) is 2.37. The maximum atomic E-state index is 14.0. The summed E-state index contributed by atoms with van der Waals surface area (Å²) in [5, 5.41) is 0. The molecule has 5 heteroatoms. The van der Waals surface area contributed by atoms with Crippen LogP contribution in [0.5, 0.6) is 0 Å². The number of pyridine rings is 1. The monoisotopic (exact) mass is 245 g/mol. The van der Waals surface area contributed by atoms with Crippen LogP contribution in [-0.4, -0.2) is 16.8 Å². The third-order valence-corrected chi connectivity index (χ3v) is 3.22. The Morgan fingerprint density at radius 1 is 1.06 bits per heavy atom. The van der Waals surface area contributed by atoms with E-state index >= 15 is 0 Å². The van der Waals surface area contributed by atoms with Gasteiger partial charge in [-0.1, -0.05) is 6.07 Å². The second-order valence-electron chi connectivity index (χ2n) is 4.60. The molecular weight excluding hydrogens is 234 g/mol. The third-order valence-electron chi connectivity index (χ3n) is 3.22. The normalized spacial score (nSPS) is 24.5. The molecule has 1 heterocycles. The number of aromatic nitrogens is 1. The minimum atomic E-state index is -3.61. The lowest BCUT2D eigenvalue weighted by molar-refractivity contribution is -0.155. The molecule has 0 amide bonds. The molecule has 0 radical (unpaired) electrons. The minimum absolute atomic E-state index is 0.109. The lowest BCUT2D eigenvalue weighted by Gasteiger charge is -2.33. The fourth-order valence-corrected chi connectivity index (χ4v) is 1.76. The first kappa shape index (κ1) is 12.1. The largest absolute Gasteiger partial charge is 0.286 e. The Morgan fingerprint density at radius 3 is 2.12 bits per heavy atom. The van der Waals surface area contributed by atoms with Gasteiger partial charge in [-0.3, -0.25) is 4.98 Å². The van der Waals surface area contributed by atoms with Crippen LogP contribution in [0.3, 0.4) is 0 Å². The molecule has 0 fully saturated rings. The summed E-state index contributed by atoms with van der Waals surface area (Å²) < 4.78 is 55.1. The summed E-state index contributed by atoms with van der Waals surface area (Å²) in [4.78, 5) is 3.71. The highest BCUT2D eigenvalue weighted by molar-refractivity contribution is 5.73. The van der Waals surface area contributed by atoms with Crippen molar-refractivity contribution in [3.63, 3.8) is 0 Å². The van der Waals surface area contributed by atoms with E-state index in [4.69, 9.17) is 0 Å². The standard InChI is InChI=1S/C12H11F4N/c1-10(2)11(13,14)7-8(12(10,15)16)9-5-3-4-6-17-9/h3-7H,1-2H3. The smallest absolute Gasteiger partial charge is 0.256 e. The van der Waals surface area contributed by atoms with Crippen LogP contribution in [0.25, 0.3) is 5.57 Å². The Bertz CT molecular complexity index is 463. The molecule has 0 unspecified atom stereocenters. The van der Waals surface area contributed by atoms with Crippen molar-refractivity contribution in [1.29, 1.82) is 0 Å². The molecule has 0 spiro atoms. The van der Waals surface area contributed by atoms with Gasteiger partial charge in [-0.05, 0) is 32.1 Å². The number of halogens is 4. The van der Waals surface area contributed by atoms with Crippen LogP contribution in [-0.2, 0) is 0 Å². The van der Waals surface area contributed by atoms with Gasteiger partial charge in [-0.2, -0.15) is 0 Å². The number of allylic oxidation sites excluding steroid dienone is 2. The Morgan fingerprint density at radius 2 is 1.71 bits per heavy atom. The summed E-state index contributed by atoms with van der Waals surface area (Å²) in [6.45, 7) is 1.72. The highest BCUT2D eigenvalue weighted by Crippen LogP contribution is 2.59. The zero-order valence-corrected chi connectivity index (χ0v) is 9.35. The molecule has 0 N–H and O–H groups in total. The van der Waals surface area contributed by atoms with Crippen molar-refractivity contribution in [3.05, 3.63) is 36.2 Å². The van der Waals surface area contributed by atoms with Gasteiger partial charge in [0.15, 0.2) is 0 Å². The molecule has 0 bridgehead atoms. The number of rotatable bonds is 1. The number of nitrogens with zero attached hydrogens (tertiary/aromatic N) is 1. The number of alkyl halides is 4. The predicted octanol–water partition coefficient (Wildman–Crippen LogP) is 3.78. The zero-order valence-electron chi connectivity index (χ0n) is 9.35. The summed E-state index contributed by atoms with van der Waals surface area (Å²) in [7, 11) is 0. The van der Waals surface area contributed by atoms with Gasteiger partial charge in [0.2, 0.25) is 0 Å². The molecule has 17 heavy (non-hydrogen) atoms. The van der Waals surface area contributed by atoms with Gasteiger partial charge < -0.3 is 0 Å². The van der Waals surface area contributed by atoms with Crippen molar-refractivity contribution in [3.8, 4) is 0 Å². The van der Waals surface area contributed by atoms with Gasteiger partial charge in [0.25, 0.3) is 11.8 Å².